The molecule has 0 saturated heterocycles. The molecular formula is C22H15N2OPt-. The van der Waals surface area contributed by atoms with E-state index in [4.69, 9.17) is 4.98 Å². The molecule has 0 aliphatic rings. The number of pyridine rings is 2. The molecule has 0 saturated carbocycles. The van der Waals surface area contributed by atoms with Gasteiger partial charge in [-0.1, -0.05) is 47.5 Å². The van der Waals surface area contributed by atoms with Gasteiger partial charge >= 0.3 is 0 Å². The molecule has 4 aromatic rings. The summed E-state index contributed by atoms with van der Waals surface area (Å²) in [4.78, 5) is 9.07. The number of hydrogen-bond acceptors (Lipinski definition) is 3. The van der Waals surface area contributed by atoms with Crippen molar-refractivity contribution in [2.75, 3.05) is 0 Å². The molecule has 0 bridgehead atoms. The minimum Gasteiger partial charge on any atom is -0.507 e. The van der Waals surface area contributed by atoms with Crippen molar-refractivity contribution in [3.8, 4) is 39.5 Å². The maximum absolute atomic E-state index is 10.1. The van der Waals surface area contributed by atoms with Crippen LogP contribution >= 0.6 is 0 Å². The van der Waals surface area contributed by atoms with E-state index in [1.807, 2.05) is 66.7 Å². The van der Waals surface area contributed by atoms with Crippen molar-refractivity contribution in [3.63, 3.8) is 0 Å². The van der Waals surface area contributed by atoms with Gasteiger partial charge in [0.1, 0.15) is 5.75 Å². The maximum atomic E-state index is 10.1. The van der Waals surface area contributed by atoms with Crippen LogP contribution in [0, 0.1) is 6.07 Å². The van der Waals surface area contributed by atoms with E-state index in [1.54, 1.807) is 18.3 Å². The fraction of sp³-hybridized carbons (Fsp3) is 0. The van der Waals surface area contributed by atoms with Crippen molar-refractivity contribution in [1.82, 2.24) is 9.97 Å². The number of phenols is 1. The molecule has 2 aromatic heterocycles. The predicted molar refractivity (Wildman–Crippen MR) is 98.8 cm³/mol. The van der Waals surface area contributed by atoms with Crippen molar-refractivity contribution >= 4 is 0 Å². The fourth-order valence-electron chi connectivity index (χ4n) is 2.71. The van der Waals surface area contributed by atoms with Gasteiger partial charge in [0.15, 0.2) is 0 Å². The number of para-hydroxylation sites is 1. The number of nitrogens with zero attached hydrogens (tertiary/aromatic N) is 2. The number of aromatic hydroxyl groups is 1. The molecular weight excluding hydrogens is 503 g/mol. The van der Waals surface area contributed by atoms with Crippen LogP contribution in [0.2, 0.25) is 0 Å². The van der Waals surface area contributed by atoms with Gasteiger partial charge in [-0.15, -0.1) is 24.3 Å². The van der Waals surface area contributed by atoms with E-state index in [1.165, 1.54) is 0 Å². The smallest absolute Gasteiger partial charge is 0.124 e. The Labute approximate surface area is 166 Å². The summed E-state index contributed by atoms with van der Waals surface area (Å²) >= 11 is 0. The molecule has 0 aliphatic heterocycles. The minimum absolute atomic E-state index is 0. The van der Waals surface area contributed by atoms with Crippen LogP contribution in [0.3, 0.4) is 0 Å². The van der Waals surface area contributed by atoms with E-state index >= 15 is 0 Å². The fourth-order valence-corrected chi connectivity index (χ4v) is 2.71. The second-order valence-corrected chi connectivity index (χ2v) is 5.62. The molecule has 0 atom stereocenters. The number of hydrogen-bond donors (Lipinski definition) is 1. The van der Waals surface area contributed by atoms with Crippen LogP contribution in [0.4, 0.5) is 0 Å². The van der Waals surface area contributed by atoms with E-state index < -0.39 is 0 Å². The third-order valence-electron chi connectivity index (χ3n) is 3.94. The maximum Gasteiger partial charge on any atom is 0.124 e. The normalized spacial score (nSPS) is 10.2. The molecule has 4 rings (SSSR count). The minimum atomic E-state index is 0. The molecule has 1 N–H and O–H groups in total. The van der Waals surface area contributed by atoms with Crippen LogP contribution in [0.1, 0.15) is 0 Å². The summed E-state index contributed by atoms with van der Waals surface area (Å²) in [7, 11) is 0. The molecule has 130 valence electrons. The quantitative estimate of drug-likeness (QED) is 0.389. The van der Waals surface area contributed by atoms with Crippen molar-refractivity contribution in [2.24, 2.45) is 0 Å². The average Bonchev–Trinajstić information content (AvgIpc) is 2.69. The van der Waals surface area contributed by atoms with Crippen LogP contribution < -0.4 is 0 Å². The van der Waals surface area contributed by atoms with Crippen LogP contribution in [0.15, 0.2) is 85.1 Å². The number of benzene rings is 2. The van der Waals surface area contributed by atoms with Gasteiger partial charge in [-0.3, -0.25) is 9.97 Å². The Morgan fingerprint density at radius 2 is 1.31 bits per heavy atom. The van der Waals surface area contributed by atoms with E-state index in [0.717, 1.165) is 28.2 Å². The second kappa shape index (κ2) is 8.07. The van der Waals surface area contributed by atoms with Crippen LogP contribution in [0.25, 0.3) is 33.8 Å². The van der Waals surface area contributed by atoms with Crippen LogP contribution in [0.5, 0.6) is 5.75 Å². The number of rotatable bonds is 3. The molecule has 4 heteroatoms. The van der Waals surface area contributed by atoms with Crippen LogP contribution in [-0.4, -0.2) is 15.1 Å². The third-order valence-corrected chi connectivity index (χ3v) is 3.94. The van der Waals surface area contributed by atoms with Gasteiger partial charge in [0.2, 0.25) is 0 Å². The molecule has 0 amide bonds. The number of phenolic OH excluding ortho intramolecular Hbond substituents is 1. The molecule has 0 fully saturated rings. The summed E-state index contributed by atoms with van der Waals surface area (Å²) in [6.45, 7) is 0. The Balaban J connectivity index is 0.00000196. The first-order valence-corrected chi connectivity index (χ1v) is 8.01. The van der Waals surface area contributed by atoms with Gasteiger partial charge in [-0.25, -0.2) is 0 Å². The van der Waals surface area contributed by atoms with Gasteiger partial charge in [0.05, 0.1) is 5.69 Å². The van der Waals surface area contributed by atoms with E-state index in [-0.39, 0.29) is 26.8 Å². The predicted octanol–water partition coefficient (Wildman–Crippen LogP) is 4.98. The summed E-state index contributed by atoms with van der Waals surface area (Å²) in [5, 5.41) is 10.1. The Hall–Kier alpha value is -2.77. The summed E-state index contributed by atoms with van der Waals surface area (Å²) in [6.07, 6.45) is 1.77. The summed E-state index contributed by atoms with van der Waals surface area (Å²) in [6, 6.07) is 28.1. The molecule has 0 unspecified atom stereocenters. The summed E-state index contributed by atoms with van der Waals surface area (Å²) in [5.41, 5.74) is 4.94. The molecule has 0 aliphatic carbocycles. The van der Waals surface area contributed by atoms with Gasteiger partial charge < -0.3 is 5.11 Å². The summed E-state index contributed by atoms with van der Waals surface area (Å²) in [5.74, 6) is 0.221. The monoisotopic (exact) mass is 518 g/mol. The van der Waals surface area contributed by atoms with E-state index in [9.17, 15) is 5.11 Å². The molecule has 2 aromatic carbocycles. The molecule has 0 radical (unpaired) electrons. The first-order chi connectivity index (χ1) is 12.3. The van der Waals surface area contributed by atoms with E-state index in [0.29, 0.717) is 5.56 Å². The molecule has 3 nitrogen and oxygen atoms in total. The molecule has 26 heavy (non-hydrogen) atoms. The second-order valence-electron chi connectivity index (χ2n) is 5.62. The van der Waals surface area contributed by atoms with E-state index in [2.05, 4.69) is 11.1 Å². The Bertz CT molecular complexity index is 1020. The van der Waals surface area contributed by atoms with Gasteiger partial charge in [0.25, 0.3) is 0 Å². The summed E-state index contributed by atoms with van der Waals surface area (Å²) < 4.78 is 0. The zero-order valence-electron chi connectivity index (χ0n) is 13.7. The molecule has 0 spiro atoms. The number of aromatic nitrogens is 2. The van der Waals surface area contributed by atoms with Crippen LogP contribution in [-0.2, 0) is 21.1 Å². The first-order valence-electron chi connectivity index (χ1n) is 8.01. The van der Waals surface area contributed by atoms with Crippen molar-refractivity contribution in [3.05, 3.63) is 91.1 Å². The third kappa shape index (κ3) is 3.73. The average molecular weight is 518 g/mol. The van der Waals surface area contributed by atoms with Crippen molar-refractivity contribution < 1.29 is 26.2 Å². The topological polar surface area (TPSA) is 46.0 Å². The van der Waals surface area contributed by atoms with Gasteiger partial charge in [-0.05, 0) is 24.3 Å². The first kappa shape index (κ1) is 18.0. The standard InChI is InChI=1S/C22H15N2O.Pt/c25-22-13-2-1-9-18(22)21-12-6-11-20(24-21)17-8-5-7-16(15-17)19-10-3-4-14-23-19;/h1-14,25H;/q-1;. The largest absolute Gasteiger partial charge is 0.507 e. The van der Waals surface area contributed by atoms with Gasteiger partial charge in [-0.2, -0.15) is 0 Å². The van der Waals surface area contributed by atoms with Crippen molar-refractivity contribution in [1.29, 1.82) is 0 Å². The zero-order valence-corrected chi connectivity index (χ0v) is 16.0. The van der Waals surface area contributed by atoms with Gasteiger partial charge in [0, 0.05) is 44.2 Å². The van der Waals surface area contributed by atoms with Crippen molar-refractivity contribution in [2.45, 2.75) is 0 Å². The Kier molecular flexibility index (Phi) is 5.60. The zero-order chi connectivity index (χ0) is 17.1. The molecule has 2 heterocycles. The SMILES string of the molecule is Oc1ccccc1-c1cccc(-c2[c-]c(-c3ccccn3)ccc2)n1.[Pt]. The Morgan fingerprint density at radius 3 is 2.08 bits per heavy atom. The Morgan fingerprint density at radius 1 is 0.654 bits per heavy atom.